The Balaban J connectivity index is 0.00000676. The second-order valence-corrected chi connectivity index (χ2v) is 8.84. The topological polar surface area (TPSA) is 64.6 Å². The zero-order valence-electron chi connectivity index (χ0n) is 15.9. The molecule has 5 nitrogen and oxygen atoms in total. The highest BCUT2D eigenvalue weighted by molar-refractivity contribution is 7.90. The molecule has 1 fully saturated rings. The minimum Gasteiger partial charge on any atom is -0.491 e. The predicted octanol–water partition coefficient (Wildman–Crippen LogP) is 4.10. The van der Waals surface area contributed by atoms with Gasteiger partial charge in [-0.15, -0.1) is 0 Å². The van der Waals surface area contributed by atoms with Gasteiger partial charge in [-0.25, -0.2) is 17.5 Å². The lowest BCUT2D eigenvalue weighted by atomic mass is 10.0. The van der Waals surface area contributed by atoms with Crippen molar-refractivity contribution in [2.24, 2.45) is 5.92 Å². The molecule has 0 aromatic rings. The van der Waals surface area contributed by atoms with Crippen LogP contribution in [0.15, 0.2) is 36.4 Å². The molecule has 0 amide bonds. The largest absolute Gasteiger partial charge is 0.491 e. The summed E-state index contributed by atoms with van der Waals surface area (Å²) in [5.41, 5.74) is 0.684. The zero-order chi connectivity index (χ0) is 19.6. The lowest BCUT2D eigenvalue weighted by Gasteiger charge is -2.22. The molecule has 0 bridgehead atoms. The number of halogens is 1. The highest BCUT2D eigenvalue weighted by Gasteiger charge is 2.26. The summed E-state index contributed by atoms with van der Waals surface area (Å²) < 4.78 is 50.8. The average molecular weight is 392 g/mol. The Morgan fingerprint density at radius 2 is 1.88 bits per heavy atom. The molecule has 152 valence electrons. The zero-order valence-corrected chi connectivity index (χ0v) is 16.7. The third kappa shape index (κ3) is 8.47. The molecular formula is C19H34FNO4S. The number of ether oxygens (including phenoxy) is 2. The number of hydrogen-bond donors (Lipinski definition) is 1. The van der Waals surface area contributed by atoms with Crippen molar-refractivity contribution >= 4 is 10.0 Å². The van der Waals surface area contributed by atoms with Crippen molar-refractivity contribution in [3.8, 4) is 0 Å². The van der Waals surface area contributed by atoms with Gasteiger partial charge in [-0.05, 0) is 24.3 Å². The Bertz CT molecular complexity index is 599. The number of allylic oxidation sites excluding steroid dienone is 3. The van der Waals surface area contributed by atoms with Crippen LogP contribution in [0.5, 0.6) is 0 Å². The van der Waals surface area contributed by atoms with Crippen LogP contribution in [0.4, 0.5) is 4.39 Å². The molecular weight excluding hydrogens is 357 g/mol. The SMILES string of the molecule is C=C(F)/C=C(/OCCOCCNS(=O)(=O)C1CCCCC1)C(=C)C(C)C.[HH]. The molecule has 1 aliphatic rings. The molecule has 0 aromatic heterocycles. The highest BCUT2D eigenvalue weighted by Crippen LogP contribution is 2.23. The van der Waals surface area contributed by atoms with E-state index in [1.807, 2.05) is 13.8 Å². The van der Waals surface area contributed by atoms with E-state index in [0.29, 0.717) is 11.3 Å². The van der Waals surface area contributed by atoms with Crippen molar-refractivity contribution in [1.29, 1.82) is 0 Å². The summed E-state index contributed by atoms with van der Waals surface area (Å²) in [6.07, 6.45) is 5.74. The second kappa shape index (κ2) is 11.5. The molecule has 0 aliphatic heterocycles. The summed E-state index contributed by atoms with van der Waals surface area (Å²) in [5.74, 6) is -0.121. The fourth-order valence-corrected chi connectivity index (χ4v) is 4.27. The molecule has 1 aliphatic carbocycles. The quantitative estimate of drug-likeness (QED) is 0.309. The van der Waals surface area contributed by atoms with Crippen molar-refractivity contribution in [1.82, 2.24) is 4.72 Å². The molecule has 26 heavy (non-hydrogen) atoms. The molecule has 7 heteroatoms. The van der Waals surface area contributed by atoms with E-state index in [1.54, 1.807) is 0 Å². The van der Waals surface area contributed by atoms with Gasteiger partial charge in [0.15, 0.2) is 0 Å². The average Bonchev–Trinajstić information content (AvgIpc) is 2.59. The fraction of sp³-hybridized carbons (Fsp3) is 0.684. The minimum absolute atomic E-state index is 0. The van der Waals surface area contributed by atoms with Crippen molar-refractivity contribution < 1.29 is 23.7 Å². The maximum absolute atomic E-state index is 13.0. The van der Waals surface area contributed by atoms with Gasteiger partial charge >= 0.3 is 0 Å². The molecule has 0 radical (unpaired) electrons. The summed E-state index contributed by atoms with van der Waals surface area (Å²) >= 11 is 0. The van der Waals surface area contributed by atoms with Gasteiger partial charge in [-0.1, -0.05) is 46.3 Å². The maximum Gasteiger partial charge on any atom is 0.214 e. The first-order valence-corrected chi connectivity index (χ1v) is 10.7. The van der Waals surface area contributed by atoms with Crippen LogP contribution < -0.4 is 4.72 Å². The highest BCUT2D eigenvalue weighted by atomic mass is 32.2. The molecule has 1 saturated carbocycles. The molecule has 0 unspecified atom stereocenters. The Labute approximate surface area is 158 Å². The van der Waals surface area contributed by atoms with Gasteiger partial charge in [0.1, 0.15) is 18.2 Å². The minimum atomic E-state index is -3.26. The smallest absolute Gasteiger partial charge is 0.214 e. The lowest BCUT2D eigenvalue weighted by Crippen LogP contribution is -2.37. The monoisotopic (exact) mass is 391 g/mol. The van der Waals surface area contributed by atoms with Crippen LogP contribution in [0.2, 0.25) is 0 Å². The number of rotatable bonds is 12. The van der Waals surface area contributed by atoms with E-state index in [-0.39, 0.29) is 39.0 Å². The second-order valence-electron chi connectivity index (χ2n) is 6.80. The van der Waals surface area contributed by atoms with Crippen molar-refractivity contribution in [3.63, 3.8) is 0 Å². The van der Waals surface area contributed by atoms with Crippen LogP contribution in [0, 0.1) is 5.92 Å². The molecule has 0 spiro atoms. The van der Waals surface area contributed by atoms with Crippen LogP contribution in [0.1, 0.15) is 47.4 Å². The van der Waals surface area contributed by atoms with Crippen LogP contribution >= 0.6 is 0 Å². The van der Waals surface area contributed by atoms with E-state index in [2.05, 4.69) is 17.9 Å². The van der Waals surface area contributed by atoms with Crippen LogP contribution in [0.25, 0.3) is 0 Å². The van der Waals surface area contributed by atoms with Crippen molar-refractivity contribution in [2.45, 2.75) is 51.2 Å². The van der Waals surface area contributed by atoms with E-state index >= 15 is 0 Å². The van der Waals surface area contributed by atoms with Crippen LogP contribution in [-0.4, -0.2) is 40.0 Å². The van der Waals surface area contributed by atoms with E-state index in [9.17, 15) is 12.8 Å². The summed E-state index contributed by atoms with van der Waals surface area (Å²) in [4.78, 5) is 0. The molecule has 1 rings (SSSR count). The van der Waals surface area contributed by atoms with E-state index in [0.717, 1.165) is 32.1 Å². The van der Waals surface area contributed by atoms with Gasteiger partial charge in [-0.2, -0.15) is 0 Å². The van der Waals surface area contributed by atoms with Gasteiger partial charge in [0, 0.05) is 14.0 Å². The lowest BCUT2D eigenvalue weighted by molar-refractivity contribution is 0.0800. The Kier molecular flexibility index (Phi) is 10.1. The number of hydrogen-bond acceptors (Lipinski definition) is 4. The maximum atomic E-state index is 13.0. The third-order valence-electron chi connectivity index (χ3n) is 4.33. The van der Waals surface area contributed by atoms with Gasteiger partial charge < -0.3 is 9.47 Å². The Morgan fingerprint density at radius 3 is 2.46 bits per heavy atom. The van der Waals surface area contributed by atoms with Gasteiger partial charge in [0.25, 0.3) is 0 Å². The summed E-state index contributed by atoms with van der Waals surface area (Å²) in [7, 11) is -3.26. The first-order chi connectivity index (χ1) is 12.2. The number of nitrogens with one attached hydrogen (secondary N) is 1. The standard InChI is InChI=1S/C19H32FNO4S.H2/c1-15(2)17(4)19(14-16(3)20)25-13-12-24-11-10-21-26(22,23)18-8-6-5-7-9-18;/h14-15,18,21H,3-13H2,1-2H3;1H/b19-14+;. The predicted molar refractivity (Wildman–Crippen MR) is 105 cm³/mol. The summed E-state index contributed by atoms with van der Waals surface area (Å²) in [5, 5.41) is -0.275. The first kappa shape index (κ1) is 22.9. The van der Waals surface area contributed by atoms with E-state index in [4.69, 9.17) is 9.47 Å². The van der Waals surface area contributed by atoms with Crippen LogP contribution in [0.3, 0.4) is 0 Å². The van der Waals surface area contributed by atoms with Crippen molar-refractivity contribution in [3.05, 3.63) is 36.4 Å². The molecule has 1 N–H and O–H groups in total. The fourth-order valence-electron chi connectivity index (χ4n) is 2.72. The Hall–Kier alpha value is -1.18. The van der Waals surface area contributed by atoms with E-state index < -0.39 is 15.9 Å². The molecule has 0 heterocycles. The van der Waals surface area contributed by atoms with Gasteiger partial charge in [0.05, 0.1) is 18.5 Å². The normalized spacial score (nSPS) is 16.7. The molecule has 0 saturated heterocycles. The summed E-state index contributed by atoms with van der Waals surface area (Å²) in [6, 6.07) is 0. The summed E-state index contributed by atoms with van der Waals surface area (Å²) in [6.45, 7) is 12.0. The van der Waals surface area contributed by atoms with Gasteiger partial charge in [-0.3, -0.25) is 0 Å². The third-order valence-corrected chi connectivity index (χ3v) is 6.28. The Morgan fingerprint density at radius 1 is 1.23 bits per heavy atom. The first-order valence-electron chi connectivity index (χ1n) is 9.18. The van der Waals surface area contributed by atoms with Gasteiger partial charge in [0.2, 0.25) is 10.0 Å². The van der Waals surface area contributed by atoms with Crippen molar-refractivity contribution in [2.75, 3.05) is 26.4 Å². The molecule has 0 aromatic carbocycles. The number of sulfonamides is 1. The van der Waals surface area contributed by atoms with E-state index in [1.165, 1.54) is 6.08 Å². The molecule has 0 atom stereocenters. The van der Waals surface area contributed by atoms with Crippen LogP contribution in [-0.2, 0) is 19.5 Å².